The lowest BCUT2D eigenvalue weighted by atomic mass is 10.1. The predicted octanol–water partition coefficient (Wildman–Crippen LogP) is 4.62. The Balaban J connectivity index is 1.52. The van der Waals surface area contributed by atoms with Crippen molar-refractivity contribution in [2.45, 2.75) is 25.8 Å². The van der Waals surface area contributed by atoms with Crippen LogP contribution in [0.15, 0.2) is 76.7 Å². The molecule has 1 saturated heterocycles. The van der Waals surface area contributed by atoms with Gasteiger partial charge in [-0.25, -0.2) is 14.4 Å². The molecule has 1 aliphatic rings. The minimum atomic E-state index is -0.390. The molecule has 7 nitrogen and oxygen atoms in total. The van der Waals surface area contributed by atoms with Gasteiger partial charge in [-0.2, -0.15) is 0 Å². The number of nitrogens with one attached hydrogen (secondary N) is 2. The summed E-state index contributed by atoms with van der Waals surface area (Å²) in [6.07, 6.45) is 5.46. The van der Waals surface area contributed by atoms with Gasteiger partial charge in [0.15, 0.2) is 0 Å². The van der Waals surface area contributed by atoms with E-state index >= 15 is 0 Å². The fourth-order valence-electron chi connectivity index (χ4n) is 4.02. The van der Waals surface area contributed by atoms with Crippen LogP contribution in [0, 0.1) is 5.82 Å². The van der Waals surface area contributed by atoms with E-state index in [2.05, 4.69) is 39.3 Å². The van der Waals surface area contributed by atoms with Crippen molar-refractivity contribution in [3.05, 3.63) is 83.7 Å². The molecule has 2 aromatic carbocycles. The van der Waals surface area contributed by atoms with Crippen LogP contribution < -0.4 is 10.6 Å². The summed E-state index contributed by atoms with van der Waals surface area (Å²) in [5, 5.41) is 8.12. The van der Waals surface area contributed by atoms with Gasteiger partial charge < -0.3 is 15.5 Å². The summed E-state index contributed by atoms with van der Waals surface area (Å²) in [5.41, 5.74) is 2.13. The molecule has 1 amide bonds. The van der Waals surface area contributed by atoms with Gasteiger partial charge in [0.1, 0.15) is 17.5 Å². The highest BCUT2D eigenvalue weighted by Gasteiger charge is 2.17. The summed E-state index contributed by atoms with van der Waals surface area (Å²) in [6, 6.07) is 13.5. The van der Waals surface area contributed by atoms with E-state index in [1.807, 2.05) is 31.2 Å². The molecule has 0 bridgehead atoms. The van der Waals surface area contributed by atoms with Crippen LogP contribution in [0.3, 0.4) is 0 Å². The molecule has 2 N–H and O–H groups in total. The normalized spacial score (nSPS) is 15.7. The summed E-state index contributed by atoms with van der Waals surface area (Å²) >= 11 is 0. The lowest BCUT2D eigenvalue weighted by Crippen LogP contribution is -2.40. The first-order valence-electron chi connectivity index (χ1n) is 11.5. The maximum Gasteiger partial charge on any atom is 0.256 e. The Morgan fingerprint density at radius 2 is 1.83 bits per heavy atom. The van der Waals surface area contributed by atoms with Gasteiger partial charge in [0.2, 0.25) is 0 Å². The van der Waals surface area contributed by atoms with Gasteiger partial charge in [0, 0.05) is 28.9 Å². The summed E-state index contributed by atoms with van der Waals surface area (Å²) in [6.45, 7) is 7.63. The minimum Gasteiger partial charge on any atom is -0.366 e. The Morgan fingerprint density at radius 1 is 1.11 bits per heavy atom. The number of halogens is 1. The second-order valence-corrected chi connectivity index (χ2v) is 8.71. The number of fused-ring (bicyclic) bond motifs is 1. The van der Waals surface area contributed by atoms with Gasteiger partial charge in [-0.15, -0.1) is 0 Å². The first-order chi connectivity index (χ1) is 16.9. The topological polar surface area (TPSA) is 82.0 Å². The summed E-state index contributed by atoms with van der Waals surface area (Å²) in [5.74, 6) is 0.365. The van der Waals surface area contributed by atoms with Crippen LogP contribution in [-0.4, -0.2) is 54.4 Å². The average molecular weight is 473 g/mol. The number of hydrogen-bond donors (Lipinski definition) is 2. The van der Waals surface area contributed by atoms with Gasteiger partial charge in [-0.1, -0.05) is 12.1 Å². The fourth-order valence-corrected chi connectivity index (χ4v) is 4.02. The fraction of sp³-hybridized carbons (Fsp3) is 0.259. The Bertz CT molecular complexity index is 1280. The van der Waals surface area contributed by atoms with E-state index in [0.29, 0.717) is 23.2 Å². The first-order valence-corrected chi connectivity index (χ1v) is 11.5. The number of rotatable bonds is 7. The quantitative estimate of drug-likeness (QED) is 0.492. The first kappa shape index (κ1) is 24.2. The molecule has 1 fully saturated rings. The number of piperidine rings is 1. The standard InChI is InChI=1S/C27H29FN6O/c1-18(31-26(17-29-2)32-24-10-12-34(3)13-11-24)20-4-5-21-16-30-25(15-22(21)14-20)33-27(35)19-6-8-23(28)9-7-19/h4-9,14-17,24,32H,2,10-13H2,1,3H3,(H,30,33,35)/b26-17+,31-18+. The molecule has 2 heterocycles. The van der Waals surface area contributed by atoms with Crippen molar-refractivity contribution >= 4 is 34.9 Å². The number of likely N-dealkylation sites (tertiary alicyclic amines) is 1. The molecular weight excluding hydrogens is 443 g/mol. The molecular formula is C27H29FN6O. The number of carbonyl (C=O) groups is 1. The smallest absolute Gasteiger partial charge is 0.256 e. The van der Waals surface area contributed by atoms with Gasteiger partial charge in [0.25, 0.3) is 5.91 Å². The molecule has 4 rings (SSSR count). The number of benzene rings is 2. The Morgan fingerprint density at radius 3 is 2.54 bits per heavy atom. The van der Waals surface area contributed by atoms with E-state index in [4.69, 9.17) is 4.99 Å². The second-order valence-electron chi connectivity index (χ2n) is 8.71. The third kappa shape index (κ3) is 6.36. The van der Waals surface area contributed by atoms with Crippen LogP contribution in [0.25, 0.3) is 10.8 Å². The molecule has 180 valence electrons. The Hall–Kier alpha value is -3.91. The van der Waals surface area contributed by atoms with E-state index in [0.717, 1.165) is 48.0 Å². The zero-order valence-corrected chi connectivity index (χ0v) is 20.0. The Labute approximate surface area is 204 Å². The average Bonchev–Trinajstić information content (AvgIpc) is 2.85. The number of carbonyl (C=O) groups excluding carboxylic acids is 1. The van der Waals surface area contributed by atoms with Crippen molar-refractivity contribution in [2.24, 2.45) is 9.98 Å². The molecule has 1 aromatic heterocycles. The van der Waals surface area contributed by atoms with E-state index in [-0.39, 0.29) is 5.91 Å². The number of pyridine rings is 1. The van der Waals surface area contributed by atoms with Gasteiger partial charge in [0.05, 0.1) is 6.20 Å². The van der Waals surface area contributed by atoms with Crippen LogP contribution in [0.4, 0.5) is 10.2 Å². The number of amides is 1. The zero-order valence-electron chi connectivity index (χ0n) is 20.0. The van der Waals surface area contributed by atoms with Crippen molar-refractivity contribution < 1.29 is 9.18 Å². The lowest BCUT2D eigenvalue weighted by molar-refractivity contribution is 0.102. The number of aromatic nitrogens is 1. The number of hydrogen-bond acceptors (Lipinski definition) is 6. The summed E-state index contributed by atoms with van der Waals surface area (Å²) < 4.78 is 13.1. The van der Waals surface area contributed by atoms with E-state index in [1.54, 1.807) is 12.4 Å². The highest BCUT2D eigenvalue weighted by Crippen LogP contribution is 2.20. The predicted molar refractivity (Wildman–Crippen MR) is 140 cm³/mol. The molecule has 1 aliphatic heterocycles. The number of aliphatic imine (C=N–C) groups is 2. The molecule has 35 heavy (non-hydrogen) atoms. The van der Waals surface area contributed by atoms with E-state index in [1.165, 1.54) is 24.3 Å². The summed E-state index contributed by atoms with van der Waals surface area (Å²) in [7, 11) is 2.13. The van der Waals surface area contributed by atoms with Crippen LogP contribution in [0.5, 0.6) is 0 Å². The lowest BCUT2D eigenvalue weighted by Gasteiger charge is -2.30. The molecule has 0 unspecified atom stereocenters. The van der Waals surface area contributed by atoms with Crippen LogP contribution in [0.2, 0.25) is 0 Å². The number of nitrogens with zero attached hydrogens (tertiary/aromatic N) is 4. The maximum absolute atomic E-state index is 13.1. The molecule has 0 saturated carbocycles. The van der Waals surface area contributed by atoms with Gasteiger partial charge >= 0.3 is 0 Å². The molecule has 0 aliphatic carbocycles. The third-order valence-electron chi connectivity index (χ3n) is 6.06. The SMILES string of the molecule is C=N/C=C(\N=C(/C)c1ccc2cnc(NC(=O)c3ccc(F)cc3)cc2c1)NC1CCN(C)CC1. The van der Waals surface area contributed by atoms with Crippen LogP contribution >= 0.6 is 0 Å². The van der Waals surface area contributed by atoms with Crippen molar-refractivity contribution in [1.82, 2.24) is 15.2 Å². The third-order valence-corrected chi connectivity index (χ3v) is 6.06. The maximum atomic E-state index is 13.1. The molecule has 0 radical (unpaired) electrons. The number of anilines is 1. The van der Waals surface area contributed by atoms with Gasteiger partial charge in [-0.3, -0.25) is 9.79 Å². The molecule has 0 atom stereocenters. The van der Waals surface area contributed by atoms with Crippen molar-refractivity contribution in [1.29, 1.82) is 0 Å². The highest BCUT2D eigenvalue weighted by atomic mass is 19.1. The minimum absolute atomic E-state index is 0.350. The Kier molecular flexibility index (Phi) is 7.62. The summed E-state index contributed by atoms with van der Waals surface area (Å²) in [4.78, 5) is 27.8. The van der Waals surface area contributed by atoms with Crippen LogP contribution in [0.1, 0.15) is 35.7 Å². The second kappa shape index (κ2) is 11.0. The van der Waals surface area contributed by atoms with E-state index in [9.17, 15) is 9.18 Å². The van der Waals surface area contributed by atoms with E-state index < -0.39 is 5.82 Å². The van der Waals surface area contributed by atoms with Crippen LogP contribution in [-0.2, 0) is 0 Å². The highest BCUT2D eigenvalue weighted by molar-refractivity contribution is 6.05. The zero-order chi connectivity index (χ0) is 24.8. The monoisotopic (exact) mass is 472 g/mol. The van der Waals surface area contributed by atoms with Crippen molar-refractivity contribution in [3.8, 4) is 0 Å². The molecule has 3 aromatic rings. The molecule has 8 heteroatoms. The van der Waals surface area contributed by atoms with Crippen molar-refractivity contribution in [3.63, 3.8) is 0 Å². The van der Waals surface area contributed by atoms with Crippen molar-refractivity contribution in [2.75, 3.05) is 25.5 Å². The largest absolute Gasteiger partial charge is 0.366 e. The van der Waals surface area contributed by atoms with Gasteiger partial charge in [-0.05, 0) is 94.0 Å². The molecule has 0 spiro atoms.